The van der Waals surface area contributed by atoms with Gasteiger partial charge in [-0.2, -0.15) is 0 Å². The third-order valence-corrected chi connectivity index (χ3v) is 2.07. The van der Waals surface area contributed by atoms with E-state index in [1.165, 1.54) is 0 Å². The number of halogens is 2. The molecule has 0 amide bonds. The van der Waals surface area contributed by atoms with Crippen LogP contribution in [0.15, 0.2) is 60.7 Å². The van der Waals surface area contributed by atoms with Crippen molar-refractivity contribution in [3.63, 3.8) is 0 Å². The Morgan fingerprint density at radius 3 is 1.35 bits per heavy atom. The third kappa shape index (κ3) is 5.17. The second-order valence-corrected chi connectivity index (χ2v) is 8.36. The summed E-state index contributed by atoms with van der Waals surface area (Å²) in [5.74, 6) is 0.0752. The molecule has 0 bridgehead atoms. The van der Waals surface area contributed by atoms with E-state index in [2.05, 4.69) is 28.3 Å². The van der Waals surface area contributed by atoms with E-state index in [-0.39, 0.29) is 5.78 Å². The van der Waals surface area contributed by atoms with Crippen molar-refractivity contribution in [3.8, 4) is 0 Å². The van der Waals surface area contributed by atoms with Gasteiger partial charge >= 0.3 is 39.5 Å². The van der Waals surface area contributed by atoms with Gasteiger partial charge in [-0.1, -0.05) is 60.7 Å². The fraction of sp³-hybridized carbons (Fsp3) is 0. The van der Waals surface area contributed by atoms with Gasteiger partial charge in [0.2, 0.25) is 0 Å². The molecule has 4 heteroatoms. The van der Waals surface area contributed by atoms with Crippen molar-refractivity contribution in [1.29, 1.82) is 0 Å². The van der Waals surface area contributed by atoms with Crippen LogP contribution in [0.25, 0.3) is 0 Å². The van der Waals surface area contributed by atoms with E-state index in [1.54, 1.807) is 0 Å². The van der Waals surface area contributed by atoms with E-state index in [0.29, 0.717) is 0 Å². The topological polar surface area (TPSA) is 17.1 Å². The van der Waals surface area contributed by atoms with Crippen molar-refractivity contribution < 1.29 is 15.9 Å². The van der Waals surface area contributed by atoms with Crippen LogP contribution in [0.1, 0.15) is 15.9 Å². The number of carbonyl (C=O) groups is 1. The molecule has 0 heterocycles. The number of ketones is 1. The monoisotopic (exact) mass is 399 g/mol. The summed E-state index contributed by atoms with van der Waals surface area (Å²) in [4.78, 5) is 11.8. The quantitative estimate of drug-likeness (QED) is 0.673. The first kappa shape index (κ1) is 14.6. The van der Waals surface area contributed by atoms with Crippen LogP contribution >= 0.6 is 28.3 Å². The molecule has 0 radical (unpaired) electrons. The average Bonchev–Trinajstić information content (AvgIpc) is 2.41. The van der Waals surface area contributed by atoms with Gasteiger partial charge in [0.25, 0.3) is 0 Å². The van der Waals surface area contributed by atoms with Gasteiger partial charge in [0.15, 0.2) is 5.78 Å². The molecule has 0 fully saturated rings. The van der Waals surface area contributed by atoms with Gasteiger partial charge in [0.05, 0.1) is 0 Å². The van der Waals surface area contributed by atoms with E-state index < -0.39 is 0 Å². The van der Waals surface area contributed by atoms with Gasteiger partial charge in [-0.25, -0.2) is 0 Å². The molecule has 2 aromatic carbocycles. The summed E-state index contributed by atoms with van der Waals surface area (Å²) in [6, 6.07) is 18.6. The Bertz CT molecular complexity index is 404. The van der Waals surface area contributed by atoms with Crippen LogP contribution < -0.4 is 0 Å². The molecule has 2 aromatic rings. The summed E-state index contributed by atoms with van der Waals surface area (Å²) >= 11 is 7.12. The summed E-state index contributed by atoms with van der Waals surface area (Å²) in [6.07, 6.45) is 0. The van der Waals surface area contributed by atoms with E-state index in [1.807, 2.05) is 60.7 Å². The molecule has 0 aliphatic heterocycles. The third-order valence-electron chi connectivity index (χ3n) is 2.07. The Kier molecular flexibility index (Phi) is 7.44. The fourth-order valence-corrected chi connectivity index (χ4v) is 1.35. The second-order valence-electron chi connectivity index (χ2n) is 3.11. The predicted molar refractivity (Wildman–Crippen MR) is 74.2 cm³/mol. The summed E-state index contributed by atoms with van der Waals surface area (Å²) < 4.78 is 0. The van der Waals surface area contributed by atoms with Crippen LogP contribution in [-0.4, -0.2) is 5.78 Å². The number of hydrogen-bond acceptors (Lipinski definition) is 1. The maximum atomic E-state index is 11.8. The molecule has 0 saturated heterocycles. The molecule has 0 unspecified atom stereocenters. The molecule has 0 saturated carbocycles. The summed E-state index contributed by atoms with van der Waals surface area (Å²) in [7, 11) is 0. The Balaban J connectivity index is 0.000000437. The van der Waals surface area contributed by atoms with E-state index in [0.717, 1.165) is 22.2 Å². The summed E-state index contributed by atoms with van der Waals surface area (Å²) in [6.45, 7) is 0. The second kappa shape index (κ2) is 8.64. The standard InChI is InChI=1S/C13H10O.2BrH.Co/c14-13(11-7-3-1-4-8-11)12-9-5-2-6-10-12;;;/h1-10H;2*1H;/q;;;+2/p-2. The zero-order valence-electron chi connectivity index (χ0n) is 8.77. The zero-order chi connectivity index (χ0) is 12.5. The van der Waals surface area contributed by atoms with Crippen LogP contribution in [0.2, 0.25) is 0 Å². The number of benzene rings is 2. The van der Waals surface area contributed by atoms with Gasteiger partial charge in [-0.3, -0.25) is 4.79 Å². The van der Waals surface area contributed by atoms with Gasteiger partial charge < -0.3 is 0 Å². The first-order valence-corrected chi connectivity index (χ1v) is 9.92. The van der Waals surface area contributed by atoms with E-state index in [4.69, 9.17) is 0 Å². The van der Waals surface area contributed by atoms with Crippen molar-refractivity contribution in [2.45, 2.75) is 0 Å². The molecule has 2 rings (SSSR count). The van der Waals surface area contributed by atoms with Gasteiger partial charge in [-0.15, -0.1) is 0 Å². The van der Waals surface area contributed by atoms with Crippen LogP contribution in [0.3, 0.4) is 0 Å². The van der Waals surface area contributed by atoms with Crippen LogP contribution in [0, 0.1) is 0 Å². The first-order chi connectivity index (χ1) is 8.29. The molecule has 0 N–H and O–H groups in total. The first-order valence-electron chi connectivity index (χ1n) is 4.78. The van der Waals surface area contributed by atoms with E-state index in [9.17, 15) is 4.79 Å². The Labute approximate surface area is 121 Å². The summed E-state index contributed by atoms with van der Waals surface area (Å²) in [5, 5.41) is 0. The molecule has 1 nitrogen and oxygen atoms in total. The van der Waals surface area contributed by atoms with Crippen molar-refractivity contribution in [2.75, 3.05) is 0 Å². The molecule has 0 atom stereocenters. The van der Waals surface area contributed by atoms with Gasteiger partial charge in [-0.05, 0) is 0 Å². The van der Waals surface area contributed by atoms with Gasteiger partial charge in [0.1, 0.15) is 0 Å². The molecule has 0 aliphatic carbocycles. The van der Waals surface area contributed by atoms with Crippen molar-refractivity contribution in [1.82, 2.24) is 0 Å². The minimum absolute atomic E-state index is 0.0752. The van der Waals surface area contributed by atoms with E-state index >= 15 is 0 Å². The maximum absolute atomic E-state index is 11.8. The Morgan fingerprint density at radius 1 is 0.765 bits per heavy atom. The molecular formula is C13H10Br2CoO. The molecule has 0 aromatic heterocycles. The number of hydrogen-bond donors (Lipinski definition) is 0. The number of rotatable bonds is 2. The molecule has 17 heavy (non-hydrogen) atoms. The average molecular weight is 401 g/mol. The molecular weight excluding hydrogens is 391 g/mol. The van der Waals surface area contributed by atoms with Crippen molar-refractivity contribution in [3.05, 3.63) is 71.8 Å². The van der Waals surface area contributed by atoms with Crippen molar-refractivity contribution >= 4 is 34.1 Å². The van der Waals surface area contributed by atoms with Crippen LogP contribution in [-0.2, 0) is 11.1 Å². The fourth-order valence-electron chi connectivity index (χ4n) is 1.35. The van der Waals surface area contributed by atoms with Gasteiger partial charge in [0, 0.05) is 11.1 Å². The summed E-state index contributed by atoms with van der Waals surface area (Å²) in [5.41, 5.74) is 1.47. The number of carbonyl (C=O) groups excluding carboxylic acids is 1. The Morgan fingerprint density at radius 2 is 1.06 bits per heavy atom. The molecule has 91 valence electrons. The molecule has 0 spiro atoms. The van der Waals surface area contributed by atoms with Crippen LogP contribution in [0.4, 0.5) is 0 Å². The van der Waals surface area contributed by atoms with Crippen molar-refractivity contribution in [2.24, 2.45) is 0 Å². The van der Waals surface area contributed by atoms with Crippen LogP contribution in [0.5, 0.6) is 0 Å². The normalized spacial score (nSPS) is 9.29. The Hall–Kier alpha value is -0.424. The predicted octanol–water partition coefficient (Wildman–Crippen LogP) is 4.61. The SMILES string of the molecule is O=C(c1ccccc1)c1ccccc1.[Br][Co][Br]. The molecule has 0 aliphatic rings. The minimum atomic E-state index is 0.0752. The zero-order valence-corrected chi connectivity index (χ0v) is 13.0.